The average molecular weight is 216 g/mol. The van der Waals surface area contributed by atoms with Crippen LogP contribution in [0.1, 0.15) is 46.0 Å². The van der Waals surface area contributed by atoms with Gasteiger partial charge in [-0.1, -0.05) is 32.1 Å². The van der Waals surface area contributed by atoms with E-state index in [1.54, 1.807) is 5.57 Å². The Balaban J connectivity index is 1.70. The summed E-state index contributed by atoms with van der Waals surface area (Å²) in [7, 11) is 0. The van der Waals surface area contributed by atoms with Crippen molar-refractivity contribution >= 4 is 0 Å². The molecule has 0 bridgehead atoms. The van der Waals surface area contributed by atoms with Crippen molar-refractivity contribution < 1.29 is 0 Å². The van der Waals surface area contributed by atoms with Crippen LogP contribution < -0.4 is 0 Å². The number of hydrogen-bond acceptors (Lipinski definition) is 0. The molecule has 0 heteroatoms. The second-order valence-corrected chi connectivity index (χ2v) is 6.48. The number of fused-ring (bicyclic) bond motifs is 1. The third kappa shape index (κ3) is 1.67. The molecule has 0 aromatic carbocycles. The first-order valence-corrected chi connectivity index (χ1v) is 7.06. The van der Waals surface area contributed by atoms with Gasteiger partial charge in [0.15, 0.2) is 0 Å². The van der Waals surface area contributed by atoms with Gasteiger partial charge in [-0.3, -0.25) is 0 Å². The molecule has 2 fully saturated rings. The lowest BCUT2D eigenvalue weighted by molar-refractivity contribution is 0.143. The lowest BCUT2D eigenvalue weighted by Gasteiger charge is -2.47. The molecule has 3 aliphatic rings. The highest BCUT2D eigenvalue weighted by Gasteiger charge is 2.42. The predicted octanol–water partition coefficient (Wildman–Crippen LogP) is 4.58. The zero-order valence-corrected chi connectivity index (χ0v) is 10.7. The van der Waals surface area contributed by atoms with Crippen LogP contribution in [0.15, 0.2) is 23.8 Å². The van der Waals surface area contributed by atoms with Crippen molar-refractivity contribution in [3.8, 4) is 0 Å². The Kier molecular flexibility index (Phi) is 2.49. The van der Waals surface area contributed by atoms with E-state index in [9.17, 15) is 0 Å². The van der Waals surface area contributed by atoms with Gasteiger partial charge in [-0.15, -0.1) is 0 Å². The van der Waals surface area contributed by atoms with E-state index in [4.69, 9.17) is 0 Å². The van der Waals surface area contributed by atoms with Crippen LogP contribution in [0.2, 0.25) is 0 Å². The Morgan fingerprint density at radius 3 is 2.69 bits per heavy atom. The lowest BCUT2D eigenvalue weighted by Crippen LogP contribution is -2.38. The Labute approximate surface area is 99.8 Å². The van der Waals surface area contributed by atoms with Crippen LogP contribution >= 0.6 is 0 Å². The van der Waals surface area contributed by atoms with Gasteiger partial charge >= 0.3 is 0 Å². The molecule has 3 aliphatic carbocycles. The molecule has 0 radical (unpaired) electrons. The zero-order valence-electron chi connectivity index (χ0n) is 10.7. The second kappa shape index (κ2) is 3.75. The van der Waals surface area contributed by atoms with Crippen molar-refractivity contribution in [1.29, 1.82) is 0 Å². The maximum absolute atomic E-state index is 4.34. The molecule has 4 atom stereocenters. The summed E-state index contributed by atoms with van der Waals surface area (Å²) in [5, 5.41) is 0. The molecule has 0 aliphatic heterocycles. The quantitative estimate of drug-likeness (QED) is 0.647. The highest BCUT2D eigenvalue weighted by molar-refractivity contribution is 5.40. The van der Waals surface area contributed by atoms with E-state index < -0.39 is 0 Å². The van der Waals surface area contributed by atoms with Gasteiger partial charge in [-0.25, -0.2) is 0 Å². The number of rotatable bonds is 3. The van der Waals surface area contributed by atoms with Gasteiger partial charge in [-0.2, -0.15) is 0 Å². The predicted molar refractivity (Wildman–Crippen MR) is 69.1 cm³/mol. The van der Waals surface area contributed by atoms with E-state index in [1.807, 2.05) is 0 Å². The molecule has 0 N–H and O–H groups in total. The van der Waals surface area contributed by atoms with Gasteiger partial charge in [0, 0.05) is 0 Å². The zero-order chi connectivity index (χ0) is 11.3. The van der Waals surface area contributed by atoms with Gasteiger partial charge < -0.3 is 0 Å². The summed E-state index contributed by atoms with van der Waals surface area (Å²) in [6.07, 6.45) is 9.59. The Morgan fingerprint density at radius 1 is 1.25 bits per heavy atom. The summed E-state index contributed by atoms with van der Waals surface area (Å²) in [6, 6.07) is 0. The Bertz CT molecular complexity index is 332. The molecule has 0 aromatic rings. The summed E-state index contributed by atoms with van der Waals surface area (Å²) >= 11 is 0. The first kappa shape index (κ1) is 10.6. The smallest absolute Gasteiger partial charge is 0.00711 e. The fourth-order valence-corrected chi connectivity index (χ4v) is 3.71. The maximum atomic E-state index is 4.34. The number of allylic oxidation sites excluding steroid dienone is 3. The summed E-state index contributed by atoms with van der Waals surface area (Å²) < 4.78 is 0. The lowest BCUT2D eigenvalue weighted by atomic mass is 9.57. The minimum atomic E-state index is 0.870. The minimum Gasteiger partial charge on any atom is -0.0955 e. The van der Waals surface area contributed by atoms with E-state index in [2.05, 4.69) is 26.5 Å². The van der Waals surface area contributed by atoms with Crippen LogP contribution in [-0.2, 0) is 0 Å². The minimum absolute atomic E-state index is 0.870. The first-order valence-electron chi connectivity index (χ1n) is 7.06. The monoisotopic (exact) mass is 216 g/mol. The van der Waals surface area contributed by atoms with Gasteiger partial charge in [-0.05, 0) is 67.3 Å². The fourth-order valence-electron chi connectivity index (χ4n) is 3.71. The van der Waals surface area contributed by atoms with Crippen LogP contribution in [0.3, 0.4) is 0 Å². The average Bonchev–Trinajstić information content (AvgIpc) is 2.97. The van der Waals surface area contributed by atoms with E-state index in [0.29, 0.717) is 0 Å². The fraction of sp³-hybridized carbons (Fsp3) is 0.750. The number of hydrogen-bond donors (Lipinski definition) is 0. The molecule has 88 valence electrons. The molecule has 4 unspecified atom stereocenters. The Morgan fingerprint density at radius 2 is 2.00 bits per heavy atom. The topological polar surface area (TPSA) is 0 Å². The molecule has 0 heterocycles. The normalized spacial score (nSPS) is 42.0. The summed E-state index contributed by atoms with van der Waals surface area (Å²) in [4.78, 5) is 0. The molecule has 16 heavy (non-hydrogen) atoms. The first-order chi connectivity index (χ1) is 7.66. The highest BCUT2D eigenvalue weighted by Crippen LogP contribution is 2.53. The van der Waals surface area contributed by atoms with Crippen LogP contribution in [-0.4, -0.2) is 0 Å². The van der Waals surface area contributed by atoms with Crippen molar-refractivity contribution in [3.63, 3.8) is 0 Å². The van der Waals surface area contributed by atoms with Crippen LogP contribution in [0, 0.1) is 29.6 Å². The molecule has 0 nitrogen and oxygen atoms in total. The largest absolute Gasteiger partial charge is 0.0955 e. The standard InChI is InChI=1S/C16H24/c1-10-4-7-14-9-15(16(14)12(10)3)11(2)8-13-5-6-13/h9-10,12-14,16H,2,4-8H2,1,3H3. The molecule has 0 aromatic heterocycles. The molecule has 0 amide bonds. The van der Waals surface area contributed by atoms with Crippen molar-refractivity contribution in [1.82, 2.24) is 0 Å². The Hall–Kier alpha value is -0.520. The van der Waals surface area contributed by atoms with Crippen LogP contribution in [0.25, 0.3) is 0 Å². The summed E-state index contributed by atoms with van der Waals surface area (Å²) in [5.74, 6) is 4.56. The van der Waals surface area contributed by atoms with E-state index in [-0.39, 0.29) is 0 Å². The van der Waals surface area contributed by atoms with Gasteiger partial charge in [0.1, 0.15) is 0 Å². The van der Waals surface area contributed by atoms with Crippen molar-refractivity contribution in [2.45, 2.75) is 46.0 Å². The molecular formula is C16H24. The summed E-state index contributed by atoms with van der Waals surface area (Å²) in [6.45, 7) is 9.23. The van der Waals surface area contributed by atoms with E-state index in [1.165, 1.54) is 37.7 Å². The van der Waals surface area contributed by atoms with E-state index >= 15 is 0 Å². The molecule has 2 saturated carbocycles. The highest BCUT2D eigenvalue weighted by atomic mass is 14.5. The second-order valence-electron chi connectivity index (χ2n) is 6.48. The SMILES string of the molecule is C=C(CC1CC1)C1=CC2CCC(C)C(C)C12. The molecule has 0 saturated heterocycles. The third-order valence-corrected chi connectivity index (χ3v) is 5.27. The van der Waals surface area contributed by atoms with Gasteiger partial charge in [0.2, 0.25) is 0 Å². The van der Waals surface area contributed by atoms with Crippen molar-refractivity contribution in [3.05, 3.63) is 23.8 Å². The summed E-state index contributed by atoms with van der Waals surface area (Å²) in [5.41, 5.74) is 3.13. The molecular weight excluding hydrogens is 192 g/mol. The third-order valence-electron chi connectivity index (χ3n) is 5.27. The van der Waals surface area contributed by atoms with Gasteiger partial charge in [0.25, 0.3) is 0 Å². The van der Waals surface area contributed by atoms with Crippen LogP contribution in [0.5, 0.6) is 0 Å². The van der Waals surface area contributed by atoms with Crippen molar-refractivity contribution in [2.24, 2.45) is 29.6 Å². The molecule has 3 rings (SSSR count). The van der Waals surface area contributed by atoms with Crippen LogP contribution in [0.4, 0.5) is 0 Å². The van der Waals surface area contributed by atoms with E-state index in [0.717, 1.165) is 29.6 Å². The molecule has 0 spiro atoms. The van der Waals surface area contributed by atoms with Gasteiger partial charge in [0.05, 0.1) is 0 Å². The maximum Gasteiger partial charge on any atom is -0.00711 e. The van der Waals surface area contributed by atoms with Crippen molar-refractivity contribution in [2.75, 3.05) is 0 Å².